The predicted molar refractivity (Wildman–Crippen MR) is 94.8 cm³/mol. The summed E-state index contributed by atoms with van der Waals surface area (Å²) in [5, 5.41) is 14.6. The summed E-state index contributed by atoms with van der Waals surface area (Å²) in [5.41, 5.74) is -1.58. The average Bonchev–Trinajstić information content (AvgIpc) is 2.55. The molecule has 1 rings (SSSR count). The number of hydrogen-bond acceptors (Lipinski definition) is 5. The molecular formula is C18H25F3N2O5. The summed E-state index contributed by atoms with van der Waals surface area (Å²) in [7, 11) is 0. The Morgan fingerprint density at radius 2 is 1.86 bits per heavy atom. The van der Waals surface area contributed by atoms with E-state index >= 15 is 0 Å². The molecule has 1 aromatic rings. The second-order valence-electron chi connectivity index (χ2n) is 7.10. The highest BCUT2D eigenvalue weighted by molar-refractivity contribution is 5.85. The van der Waals surface area contributed by atoms with Gasteiger partial charge < -0.3 is 25.2 Å². The molecule has 0 bridgehead atoms. The standard InChI is InChI=1S/C18H25F3N2O5/c1-11(23-16(26)28-17(2,3)4)15(25)22-9-13(24)10-27-14-7-5-6-12(8-14)18(19,20)21/h5-8,11,13,24H,9-10H2,1-4H3,(H,22,25)(H,23,26). The monoisotopic (exact) mass is 406 g/mol. The van der Waals surface area contributed by atoms with Gasteiger partial charge in [0.1, 0.15) is 30.1 Å². The lowest BCUT2D eigenvalue weighted by Gasteiger charge is -2.22. The first-order valence-corrected chi connectivity index (χ1v) is 8.53. The first-order chi connectivity index (χ1) is 12.8. The number of carbonyl (C=O) groups is 2. The molecule has 158 valence electrons. The predicted octanol–water partition coefficient (Wildman–Crippen LogP) is 2.47. The van der Waals surface area contributed by atoms with Gasteiger partial charge in [-0.2, -0.15) is 13.2 Å². The van der Waals surface area contributed by atoms with Crippen LogP contribution in [-0.4, -0.2) is 48.0 Å². The van der Waals surface area contributed by atoms with Crippen molar-refractivity contribution in [1.29, 1.82) is 0 Å². The van der Waals surface area contributed by atoms with Crippen molar-refractivity contribution in [3.63, 3.8) is 0 Å². The van der Waals surface area contributed by atoms with Crippen molar-refractivity contribution in [3.05, 3.63) is 29.8 Å². The lowest BCUT2D eigenvalue weighted by atomic mass is 10.2. The van der Waals surface area contributed by atoms with Crippen molar-refractivity contribution in [3.8, 4) is 5.75 Å². The average molecular weight is 406 g/mol. The Balaban J connectivity index is 2.41. The zero-order valence-corrected chi connectivity index (χ0v) is 16.1. The number of aliphatic hydroxyl groups excluding tert-OH is 1. The number of carbonyl (C=O) groups excluding carboxylic acids is 2. The largest absolute Gasteiger partial charge is 0.491 e. The van der Waals surface area contributed by atoms with Crippen LogP contribution in [-0.2, 0) is 15.7 Å². The molecule has 7 nitrogen and oxygen atoms in total. The van der Waals surface area contributed by atoms with Crippen molar-refractivity contribution < 1.29 is 37.3 Å². The van der Waals surface area contributed by atoms with Crippen molar-refractivity contribution in [2.75, 3.05) is 13.2 Å². The maximum atomic E-state index is 12.6. The summed E-state index contributed by atoms with van der Waals surface area (Å²) in [6.45, 7) is 5.94. The molecule has 0 spiro atoms. The molecule has 2 atom stereocenters. The van der Waals surface area contributed by atoms with Crippen LogP contribution in [0.5, 0.6) is 5.75 Å². The minimum Gasteiger partial charge on any atom is -0.491 e. The van der Waals surface area contributed by atoms with Gasteiger partial charge in [-0.3, -0.25) is 4.79 Å². The van der Waals surface area contributed by atoms with Gasteiger partial charge in [0.15, 0.2) is 0 Å². The van der Waals surface area contributed by atoms with E-state index in [0.29, 0.717) is 0 Å². The molecule has 0 aliphatic carbocycles. The minimum absolute atomic E-state index is 0.0554. The third-order valence-corrected chi connectivity index (χ3v) is 3.24. The van der Waals surface area contributed by atoms with E-state index in [0.717, 1.165) is 12.1 Å². The van der Waals surface area contributed by atoms with Crippen LogP contribution in [0.3, 0.4) is 0 Å². The first-order valence-electron chi connectivity index (χ1n) is 8.53. The molecule has 3 N–H and O–H groups in total. The van der Waals surface area contributed by atoms with E-state index < -0.39 is 41.5 Å². The van der Waals surface area contributed by atoms with E-state index in [4.69, 9.17) is 9.47 Å². The number of hydrogen-bond donors (Lipinski definition) is 3. The summed E-state index contributed by atoms with van der Waals surface area (Å²) >= 11 is 0. The molecule has 1 aromatic carbocycles. The van der Waals surface area contributed by atoms with Crippen LogP contribution in [0.4, 0.5) is 18.0 Å². The molecule has 2 amide bonds. The molecule has 0 heterocycles. The van der Waals surface area contributed by atoms with Crippen molar-refractivity contribution >= 4 is 12.0 Å². The van der Waals surface area contributed by atoms with Gasteiger partial charge in [0.2, 0.25) is 5.91 Å². The Bertz CT molecular complexity index is 674. The Hall–Kier alpha value is -2.49. The van der Waals surface area contributed by atoms with Crippen LogP contribution < -0.4 is 15.4 Å². The number of amides is 2. The molecule has 0 aliphatic heterocycles. The van der Waals surface area contributed by atoms with E-state index in [1.165, 1.54) is 19.1 Å². The number of nitrogens with one attached hydrogen (secondary N) is 2. The van der Waals surface area contributed by atoms with Crippen molar-refractivity contribution in [1.82, 2.24) is 10.6 Å². The number of alkyl halides is 3. The Morgan fingerprint density at radius 3 is 2.43 bits per heavy atom. The summed E-state index contributed by atoms with van der Waals surface area (Å²) in [4.78, 5) is 23.5. The number of aliphatic hydroxyl groups is 1. The molecule has 0 saturated carbocycles. The molecular weight excluding hydrogens is 381 g/mol. The fourth-order valence-electron chi connectivity index (χ4n) is 1.93. The fraction of sp³-hybridized carbons (Fsp3) is 0.556. The lowest BCUT2D eigenvalue weighted by Crippen LogP contribution is -2.48. The SMILES string of the molecule is CC(NC(=O)OC(C)(C)C)C(=O)NCC(O)COc1cccc(C(F)(F)F)c1. The summed E-state index contributed by atoms with van der Waals surface area (Å²) in [6, 6.07) is 3.33. The second kappa shape index (κ2) is 9.63. The third kappa shape index (κ3) is 8.94. The lowest BCUT2D eigenvalue weighted by molar-refractivity contribution is -0.137. The Kier molecular flexibility index (Phi) is 8.10. The Labute approximate surface area is 161 Å². The molecule has 0 saturated heterocycles. The summed E-state index contributed by atoms with van der Waals surface area (Å²) in [6.07, 6.45) is -6.42. The highest BCUT2D eigenvalue weighted by atomic mass is 19.4. The molecule has 0 aromatic heterocycles. The van der Waals surface area contributed by atoms with E-state index in [2.05, 4.69) is 10.6 Å². The third-order valence-electron chi connectivity index (χ3n) is 3.24. The smallest absolute Gasteiger partial charge is 0.416 e. The van der Waals surface area contributed by atoms with Gasteiger partial charge in [0, 0.05) is 6.54 Å². The van der Waals surface area contributed by atoms with Gasteiger partial charge in [-0.05, 0) is 45.9 Å². The van der Waals surface area contributed by atoms with Crippen LogP contribution in [0.25, 0.3) is 0 Å². The number of alkyl carbamates (subject to hydrolysis) is 1. The van der Waals surface area contributed by atoms with Gasteiger partial charge >= 0.3 is 12.3 Å². The first kappa shape index (κ1) is 23.5. The van der Waals surface area contributed by atoms with E-state index in [1.807, 2.05) is 0 Å². The van der Waals surface area contributed by atoms with Crippen LogP contribution in [0, 0.1) is 0 Å². The number of rotatable bonds is 7. The van der Waals surface area contributed by atoms with Crippen LogP contribution >= 0.6 is 0 Å². The van der Waals surface area contributed by atoms with Gasteiger partial charge in [0.05, 0.1) is 5.56 Å². The Morgan fingerprint density at radius 1 is 1.21 bits per heavy atom. The van der Waals surface area contributed by atoms with Gasteiger partial charge in [-0.15, -0.1) is 0 Å². The zero-order valence-electron chi connectivity index (χ0n) is 16.1. The summed E-state index contributed by atoms with van der Waals surface area (Å²) < 4.78 is 48.1. The fourth-order valence-corrected chi connectivity index (χ4v) is 1.93. The topological polar surface area (TPSA) is 96.9 Å². The molecule has 28 heavy (non-hydrogen) atoms. The number of ether oxygens (including phenoxy) is 2. The van der Waals surface area contributed by atoms with Crippen molar-refractivity contribution in [2.45, 2.75) is 51.6 Å². The van der Waals surface area contributed by atoms with E-state index in [-0.39, 0.29) is 18.9 Å². The van der Waals surface area contributed by atoms with Gasteiger partial charge in [0.25, 0.3) is 0 Å². The minimum atomic E-state index is -4.50. The quantitative estimate of drug-likeness (QED) is 0.647. The second-order valence-corrected chi connectivity index (χ2v) is 7.10. The molecule has 10 heteroatoms. The molecule has 0 fully saturated rings. The molecule has 2 unspecified atom stereocenters. The molecule has 0 radical (unpaired) electrons. The van der Waals surface area contributed by atoms with Gasteiger partial charge in [-0.25, -0.2) is 4.79 Å². The van der Waals surface area contributed by atoms with Gasteiger partial charge in [-0.1, -0.05) is 6.07 Å². The highest BCUT2D eigenvalue weighted by Crippen LogP contribution is 2.31. The zero-order chi connectivity index (χ0) is 21.5. The summed E-state index contributed by atoms with van der Waals surface area (Å²) in [5.74, 6) is -0.621. The van der Waals surface area contributed by atoms with E-state index in [9.17, 15) is 27.9 Å². The number of benzene rings is 1. The maximum Gasteiger partial charge on any atom is 0.416 e. The maximum absolute atomic E-state index is 12.6. The normalized spacial score (nSPS) is 14.0. The van der Waals surface area contributed by atoms with Crippen molar-refractivity contribution in [2.24, 2.45) is 0 Å². The van der Waals surface area contributed by atoms with E-state index in [1.54, 1.807) is 20.8 Å². The van der Waals surface area contributed by atoms with Crippen LogP contribution in [0.2, 0.25) is 0 Å². The van der Waals surface area contributed by atoms with Crippen LogP contribution in [0.15, 0.2) is 24.3 Å². The van der Waals surface area contributed by atoms with Crippen LogP contribution in [0.1, 0.15) is 33.3 Å². The molecule has 0 aliphatic rings. The number of halogens is 3. The highest BCUT2D eigenvalue weighted by Gasteiger charge is 2.30.